The van der Waals surface area contributed by atoms with Crippen LogP contribution in [0.4, 0.5) is 5.69 Å². The molecule has 3 aromatic rings. The number of carbonyl (C=O) groups is 1. The van der Waals surface area contributed by atoms with Crippen molar-refractivity contribution in [3.8, 4) is 0 Å². The van der Waals surface area contributed by atoms with Gasteiger partial charge in [-0.2, -0.15) is 0 Å². The third kappa shape index (κ3) is 4.49. The molecule has 0 aliphatic heterocycles. The maximum atomic E-state index is 12.0. The lowest BCUT2D eigenvalue weighted by molar-refractivity contribution is -0.115. The number of rotatable bonds is 5. The first-order valence-electron chi connectivity index (χ1n) is 7.77. The van der Waals surface area contributed by atoms with E-state index >= 15 is 0 Å². The van der Waals surface area contributed by atoms with E-state index in [4.69, 9.17) is 0 Å². The second-order valence-electron chi connectivity index (χ2n) is 5.70. The fourth-order valence-corrected chi connectivity index (χ4v) is 4.03. The molecule has 0 unspecified atom stereocenters. The van der Waals surface area contributed by atoms with Gasteiger partial charge in [-0.25, -0.2) is 0 Å². The standard InChI is InChI=1S/C20H19NOS2/c1-14-5-6-15(2)19(12-14)24-17-9-7-16(8-10-17)21-20(22)13-18-4-3-11-23-18/h3-12H,13H2,1-2H3,(H,21,22). The van der Waals surface area contributed by atoms with Gasteiger partial charge in [0.2, 0.25) is 5.91 Å². The molecule has 1 amide bonds. The van der Waals surface area contributed by atoms with Crippen LogP contribution in [0.25, 0.3) is 0 Å². The highest BCUT2D eigenvalue weighted by Gasteiger charge is 2.06. The molecule has 0 bridgehead atoms. The van der Waals surface area contributed by atoms with E-state index in [1.165, 1.54) is 20.9 Å². The van der Waals surface area contributed by atoms with Gasteiger partial charge in [0.25, 0.3) is 0 Å². The highest BCUT2D eigenvalue weighted by atomic mass is 32.2. The van der Waals surface area contributed by atoms with Crippen LogP contribution < -0.4 is 5.32 Å². The van der Waals surface area contributed by atoms with Gasteiger partial charge in [-0.1, -0.05) is 30.0 Å². The van der Waals surface area contributed by atoms with E-state index in [-0.39, 0.29) is 5.91 Å². The summed E-state index contributed by atoms with van der Waals surface area (Å²) in [6.07, 6.45) is 0.427. The topological polar surface area (TPSA) is 29.1 Å². The van der Waals surface area contributed by atoms with Crippen LogP contribution in [-0.4, -0.2) is 5.91 Å². The molecule has 0 saturated carbocycles. The summed E-state index contributed by atoms with van der Waals surface area (Å²) in [4.78, 5) is 15.5. The van der Waals surface area contributed by atoms with E-state index in [9.17, 15) is 4.79 Å². The molecule has 24 heavy (non-hydrogen) atoms. The highest BCUT2D eigenvalue weighted by molar-refractivity contribution is 7.99. The maximum Gasteiger partial charge on any atom is 0.229 e. The lowest BCUT2D eigenvalue weighted by atomic mass is 10.2. The summed E-state index contributed by atoms with van der Waals surface area (Å²) in [5, 5.41) is 4.94. The van der Waals surface area contributed by atoms with E-state index in [0.717, 1.165) is 10.6 Å². The van der Waals surface area contributed by atoms with Crippen LogP contribution in [0, 0.1) is 13.8 Å². The largest absolute Gasteiger partial charge is 0.326 e. The maximum absolute atomic E-state index is 12.0. The Morgan fingerprint density at radius 2 is 1.88 bits per heavy atom. The molecule has 0 fully saturated rings. The summed E-state index contributed by atoms with van der Waals surface area (Å²) in [5.41, 5.74) is 3.38. The third-order valence-electron chi connectivity index (χ3n) is 3.62. The number of thiophene rings is 1. The Morgan fingerprint density at radius 1 is 1.08 bits per heavy atom. The van der Waals surface area contributed by atoms with Gasteiger partial charge < -0.3 is 5.32 Å². The lowest BCUT2D eigenvalue weighted by Crippen LogP contribution is -2.13. The van der Waals surface area contributed by atoms with E-state index < -0.39 is 0 Å². The Kier molecular flexibility index (Phi) is 5.38. The van der Waals surface area contributed by atoms with Gasteiger partial charge in [0.15, 0.2) is 0 Å². The normalized spacial score (nSPS) is 10.6. The van der Waals surface area contributed by atoms with Crippen LogP contribution in [-0.2, 0) is 11.2 Å². The highest BCUT2D eigenvalue weighted by Crippen LogP contribution is 2.31. The Balaban J connectivity index is 1.62. The Labute approximate surface area is 150 Å². The Hall–Kier alpha value is -2.04. The Morgan fingerprint density at radius 3 is 2.58 bits per heavy atom. The van der Waals surface area contributed by atoms with E-state index in [1.807, 2.05) is 41.8 Å². The predicted molar refractivity (Wildman–Crippen MR) is 103 cm³/mol. The van der Waals surface area contributed by atoms with Crippen LogP contribution in [0.1, 0.15) is 16.0 Å². The summed E-state index contributed by atoms with van der Waals surface area (Å²) in [6, 6.07) is 18.4. The molecule has 0 saturated heterocycles. The van der Waals surface area contributed by atoms with E-state index in [2.05, 4.69) is 37.4 Å². The second-order valence-corrected chi connectivity index (χ2v) is 7.85. The number of hydrogen-bond acceptors (Lipinski definition) is 3. The first-order chi connectivity index (χ1) is 11.6. The number of anilines is 1. The van der Waals surface area contributed by atoms with Crippen LogP contribution in [0.5, 0.6) is 0 Å². The molecule has 122 valence electrons. The van der Waals surface area contributed by atoms with Crippen molar-refractivity contribution in [2.24, 2.45) is 0 Å². The summed E-state index contributed by atoms with van der Waals surface area (Å²) in [7, 11) is 0. The smallest absolute Gasteiger partial charge is 0.229 e. The molecule has 0 aliphatic rings. The van der Waals surface area contributed by atoms with Crippen molar-refractivity contribution < 1.29 is 4.79 Å². The number of benzene rings is 2. The quantitative estimate of drug-likeness (QED) is 0.638. The summed E-state index contributed by atoms with van der Waals surface area (Å²) < 4.78 is 0. The minimum Gasteiger partial charge on any atom is -0.326 e. The molecule has 1 heterocycles. The fraction of sp³-hybridized carbons (Fsp3) is 0.150. The third-order valence-corrected chi connectivity index (χ3v) is 5.67. The molecule has 2 nitrogen and oxygen atoms in total. The molecule has 4 heteroatoms. The number of hydrogen-bond donors (Lipinski definition) is 1. The van der Waals surface area contributed by atoms with Crippen LogP contribution in [0.2, 0.25) is 0 Å². The average Bonchev–Trinajstić information content (AvgIpc) is 3.05. The van der Waals surface area contributed by atoms with Gasteiger partial charge in [-0.3, -0.25) is 4.79 Å². The van der Waals surface area contributed by atoms with Crippen LogP contribution in [0.15, 0.2) is 69.8 Å². The lowest BCUT2D eigenvalue weighted by Gasteiger charge is -2.08. The summed E-state index contributed by atoms with van der Waals surface area (Å²) >= 11 is 3.35. The molecular formula is C20H19NOS2. The van der Waals surface area contributed by atoms with Crippen molar-refractivity contribution in [2.75, 3.05) is 5.32 Å². The number of amides is 1. The van der Waals surface area contributed by atoms with Crippen molar-refractivity contribution in [2.45, 2.75) is 30.1 Å². The molecule has 0 radical (unpaired) electrons. The summed E-state index contributed by atoms with van der Waals surface area (Å²) in [5.74, 6) is 0.0207. The zero-order valence-electron chi connectivity index (χ0n) is 13.7. The van der Waals surface area contributed by atoms with Gasteiger partial charge in [-0.05, 0) is 66.8 Å². The minimum atomic E-state index is 0.0207. The molecule has 3 rings (SSSR count). The van der Waals surface area contributed by atoms with E-state index in [0.29, 0.717) is 6.42 Å². The van der Waals surface area contributed by atoms with E-state index in [1.54, 1.807) is 23.1 Å². The van der Waals surface area contributed by atoms with Gasteiger partial charge in [-0.15, -0.1) is 11.3 Å². The zero-order valence-corrected chi connectivity index (χ0v) is 15.3. The predicted octanol–water partition coefficient (Wildman–Crippen LogP) is 5.70. The molecule has 0 aliphatic carbocycles. The Bertz CT molecular complexity index is 823. The summed E-state index contributed by atoms with van der Waals surface area (Å²) in [6.45, 7) is 4.23. The SMILES string of the molecule is Cc1ccc(C)c(Sc2ccc(NC(=O)Cc3cccs3)cc2)c1. The molecular weight excluding hydrogens is 334 g/mol. The number of nitrogens with one attached hydrogen (secondary N) is 1. The monoisotopic (exact) mass is 353 g/mol. The van der Waals surface area contributed by atoms with Gasteiger partial charge >= 0.3 is 0 Å². The van der Waals surface area contributed by atoms with Crippen LogP contribution in [0.3, 0.4) is 0 Å². The first-order valence-corrected chi connectivity index (χ1v) is 9.47. The molecule has 0 atom stereocenters. The minimum absolute atomic E-state index is 0.0207. The fourth-order valence-electron chi connectivity index (χ4n) is 2.33. The van der Waals surface area contributed by atoms with Crippen molar-refractivity contribution in [3.63, 3.8) is 0 Å². The van der Waals surface area contributed by atoms with Gasteiger partial charge in [0.1, 0.15) is 0 Å². The molecule has 2 aromatic carbocycles. The van der Waals surface area contributed by atoms with Crippen molar-refractivity contribution in [3.05, 3.63) is 76.0 Å². The van der Waals surface area contributed by atoms with Crippen molar-refractivity contribution >= 4 is 34.7 Å². The van der Waals surface area contributed by atoms with Gasteiger partial charge in [0.05, 0.1) is 6.42 Å². The van der Waals surface area contributed by atoms with Crippen molar-refractivity contribution in [1.82, 2.24) is 0 Å². The number of carbonyl (C=O) groups excluding carboxylic acids is 1. The average molecular weight is 354 g/mol. The number of aryl methyl sites for hydroxylation is 2. The molecule has 1 N–H and O–H groups in total. The van der Waals surface area contributed by atoms with Crippen molar-refractivity contribution in [1.29, 1.82) is 0 Å². The first kappa shape index (κ1) is 16.8. The zero-order chi connectivity index (χ0) is 16.9. The van der Waals surface area contributed by atoms with Gasteiger partial charge in [0, 0.05) is 20.4 Å². The molecule has 1 aromatic heterocycles. The van der Waals surface area contributed by atoms with Crippen LogP contribution >= 0.6 is 23.1 Å². The second kappa shape index (κ2) is 7.69. The molecule has 0 spiro atoms.